The number of methoxy groups -OCH3 is 1. The van der Waals surface area contributed by atoms with Gasteiger partial charge >= 0.3 is 5.97 Å². The maximum Gasteiger partial charge on any atom is 0.337 e. The van der Waals surface area contributed by atoms with Crippen LogP contribution < -0.4 is 9.86 Å². The van der Waals surface area contributed by atoms with E-state index in [1.165, 1.54) is 18.7 Å². The van der Waals surface area contributed by atoms with Crippen LogP contribution in [0.25, 0.3) is 5.69 Å². The molecule has 0 saturated carbocycles. The molecule has 1 aromatic heterocycles. The van der Waals surface area contributed by atoms with Crippen LogP contribution in [-0.2, 0) is 28.4 Å². The molecule has 0 radical (unpaired) electrons. The topological polar surface area (TPSA) is 90.6 Å². The van der Waals surface area contributed by atoms with Gasteiger partial charge in [-0.05, 0) is 43.7 Å². The molecule has 0 N–H and O–H groups in total. The second-order valence-electron chi connectivity index (χ2n) is 7.01. The number of benzene rings is 2. The van der Waals surface area contributed by atoms with Gasteiger partial charge in [-0.15, -0.1) is 0 Å². The van der Waals surface area contributed by atoms with Gasteiger partial charge in [-0.1, -0.05) is 30.3 Å². The van der Waals surface area contributed by atoms with E-state index in [1.807, 2.05) is 18.2 Å². The van der Waals surface area contributed by atoms with Crippen LogP contribution in [-0.4, -0.2) is 36.6 Å². The number of sulfonamides is 1. The number of nitrogens with zero attached hydrogens (tertiary/aromatic N) is 3. The highest BCUT2D eigenvalue weighted by Crippen LogP contribution is 2.24. The average molecular weight is 444 g/mol. The smallest absolute Gasteiger partial charge is 0.337 e. The van der Waals surface area contributed by atoms with Gasteiger partial charge in [0.15, 0.2) is 0 Å². The first-order valence-corrected chi connectivity index (χ1v) is 11.3. The molecule has 0 amide bonds. The molecule has 8 nitrogen and oxygen atoms in total. The Labute approximate surface area is 181 Å². The van der Waals surface area contributed by atoms with Crippen molar-refractivity contribution in [2.75, 3.05) is 17.2 Å². The number of hydrogen-bond donors (Lipinski definition) is 0. The summed E-state index contributed by atoms with van der Waals surface area (Å²) in [5.74, 6) is -0.638. The lowest BCUT2D eigenvalue weighted by atomic mass is 10.1. The van der Waals surface area contributed by atoms with Crippen LogP contribution in [0.4, 0.5) is 5.69 Å². The maximum atomic E-state index is 13.4. The number of anilines is 1. The summed E-state index contributed by atoms with van der Waals surface area (Å²) in [4.78, 5) is 25.0. The highest BCUT2D eigenvalue weighted by atomic mass is 32.2. The van der Waals surface area contributed by atoms with E-state index in [4.69, 9.17) is 4.74 Å². The molecule has 0 aliphatic heterocycles. The molecule has 0 saturated heterocycles. The molecule has 1 heterocycles. The molecule has 2 aromatic carbocycles. The molecule has 0 spiro atoms. The highest BCUT2D eigenvalue weighted by Gasteiger charge is 2.29. The third-order valence-electron chi connectivity index (χ3n) is 5.18. The quantitative estimate of drug-likeness (QED) is 0.524. The Bertz CT molecular complexity index is 1240. The van der Waals surface area contributed by atoms with Gasteiger partial charge in [0, 0.05) is 7.05 Å². The second-order valence-corrected chi connectivity index (χ2v) is 9.19. The molecule has 164 valence electrons. The fourth-order valence-corrected chi connectivity index (χ4v) is 4.49. The average Bonchev–Trinajstić information content (AvgIpc) is 3.00. The Balaban J connectivity index is 2.11. The fourth-order valence-electron chi connectivity index (χ4n) is 3.34. The molecule has 0 aliphatic carbocycles. The van der Waals surface area contributed by atoms with Crippen LogP contribution in [0.2, 0.25) is 0 Å². The van der Waals surface area contributed by atoms with Crippen LogP contribution >= 0.6 is 0 Å². The Morgan fingerprint density at radius 2 is 1.68 bits per heavy atom. The minimum atomic E-state index is -3.76. The van der Waals surface area contributed by atoms with Crippen LogP contribution in [0.1, 0.15) is 28.5 Å². The van der Waals surface area contributed by atoms with Crippen molar-refractivity contribution in [3.63, 3.8) is 0 Å². The molecule has 0 fully saturated rings. The predicted molar refractivity (Wildman–Crippen MR) is 119 cm³/mol. The zero-order valence-corrected chi connectivity index (χ0v) is 18.7. The number of aromatic nitrogens is 2. The third kappa shape index (κ3) is 4.27. The Kier molecular flexibility index (Phi) is 6.35. The number of rotatable bonds is 7. The first-order valence-electron chi connectivity index (χ1n) is 9.73. The van der Waals surface area contributed by atoms with Crippen molar-refractivity contribution in [1.29, 1.82) is 0 Å². The van der Waals surface area contributed by atoms with E-state index >= 15 is 0 Å². The van der Waals surface area contributed by atoms with Crippen molar-refractivity contribution in [3.05, 3.63) is 81.8 Å². The Morgan fingerprint density at radius 1 is 1.06 bits per heavy atom. The number of hydrogen-bond acceptors (Lipinski definition) is 5. The van der Waals surface area contributed by atoms with Gasteiger partial charge in [0.25, 0.3) is 5.56 Å². The highest BCUT2D eigenvalue weighted by molar-refractivity contribution is 7.92. The molecule has 9 heteroatoms. The normalized spacial score (nSPS) is 11.4. The molecule has 0 atom stereocenters. The Hall–Kier alpha value is -3.33. The molecule has 3 rings (SSSR count). The molecular formula is C22H25N3O5S. The second kappa shape index (κ2) is 8.81. The lowest BCUT2D eigenvalue weighted by Gasteiger charge is -2.22. The van der Waals surface area contributed by atoms with E-state index in [2.05, 4.69) is 0 Å². The van der Waals surface area contributed by atoms with E-state index in [-0.39, 0.29) is 18.0 Å². The minimum absolute atomic E-state index is 0.0352. The summed E-state index contributed by atoms with van der Waals surface area (Å²) < 4.78 is 34.9. The minimum Gasteiger partial charge on any atom is -0.465 e. The van der Waals surface area contributed by atoms with Crippen LogP contribution in [0.3, 0.4) is 0 Å². The summed E-state index contributed by atoms with van der Waals surface area (Å²) in [7, 11) is -0.747. The molecule has 31 heavy (non-hydrogen) atoms. The van der Waals surface area contributed by atoms with Gasteiger partial charge in [0.05, 0.1) is 36.4 Å². The molecule has 0 unspecified atom stereocenters. The standard InChI is InChI=1S/C22H25N3O5S/c1-5-31(28,29)24(15-17-11-13-18(14-12-17)22(27)30-4)20-16(2)23(3)25(21(20)26)19-9-7-6-8-10-19/h6-14H,5,15H2,1-4H3. The van der Waals surface area contributed by atoms with Crippen LogP contribution in [0.5, 0.6) is 0 Å². The maximum absolute atomic E-state index is 13.4. The Morgan fingerprint density at radius 3 is 2.23 bits per heavy atom. The zero-order valence-electron chi connectivity index (χ0n) is 17.9. The number of carbonyl (C=O) groups excluding carboxylic acids is 1. The first-order chi connectivity index (χ1) is 14.7. The number of para-hydroxylation sites is 1. The number of ether oxygens (including phenoxy) is 1. The van der Waals surface area contributed by atoms with Crippen molar-refractivity contribution in [2.24, 2.45) is 7.05 Å². The lowest BCUT2D eigenvalue weighted by molar-refractivity contribution is 0.0600. The predicted octanol–water partition coefficient (Wildman–Crippen LogP) is 2.63. The van der Waals surface area contributed by atoms with Crippen molar-refractivity contribution < 1.29 is 17.9 Å². The third-order valence-corrected chi connectivity index (χ3v) is 6.89. The van der Waals surface area contributed by atoms with Gasteiger partial charge in [0.2, 0.25) is 10.0 Å². The van der Waals surface area contributed by atoms with E-state index in [9.17, 15) is 18.0 Å². The first kappa shape index (κ1) is 22.4. The molecule has 3 aromatic rings. The molecule has 0 aliphatic rings. The van der Waals surface area contributed by atoms with Crippen molar-refractivity contribution in [2.45, 2.75) is 20.4 Å². The summed E-state index contributed by atoms with van der Waals surface area (Å²) in [6.45, 7) is 3.22. The van der Waals surface area contributed by atoms with Gasteiger partial charge in [-0.2, -0.15) is 0 Å². The molecule has 0 bridgehead atoms. The van der Waals surface area contributed by atoms with E-state index in [1.54, 1.807) is 55.1 Å². The van der Waals surface area contributed by atoms with Crippen molar-refractivity contribution in [3.8, 4) is 5.69 Å². The van der Waals surface area contributed by atoms with Gasteiger partial charge in [-0.3, -0.25) is 13.8 Å². The molecular weight excluding hydrogens is 418 g/mol. The van der Waals surface area contributed by atoms with Crippen molar-refractivity contribution >= 4 is 21.7 Å². The largest absolute Gasteiger partial charge is 0.465 e. The fraction of sp³-hybridized carbons (Fsp3) is 0.273. The number of esters is 1. The lowest BCUT2D eigenvalue weighted by Crippen LogP contribution is -2.36. The van der Waals surface area contributed by atoms with E-state index in [0.717, 1.165) is 4.31 Å². The van der Waals surface area contributed by atoms with Crippen LogP contribution in [0.15, 0.2) is 59.4 Å². The summed E-state index contributed by atoms with van der Waals surface area (Å²) in [6.07, 6.45) is 0. The SMILES string of the molecule is CCS(=O)(=O)N(Cc1ccc(C(=O)OC)cc1)c1c(C)n(C)n(-c2ccccc2)c1=O. The monoisotopic (exact) mass is 443 g/mol. The van der Waals surface area contributed by atoms with E-state index < -0.39 is 21.6 Å². The van der Waals surface area contributed by atoms with E-state index in [0.29, 0.717) is 22.5 Å². The number of carbonyl (C=O) groups is 1. The summed E-state index contributed by atoms with van der Waals surface area (Å²) in [6, 6.07) is 15.5. The van der Waals surface area contributed by atoms with Crippen LogP contribution in [0, 0.1) is 6.92 Å². The summed E-state index contributed by atoms with van der Waals surface area (Å²) in [5.41, 5.74) is 1.84. The van der Waals surface area contributed by atoms with Crippen molar-refractivity contribution in [1.82, 2.24) is 9.36 Å². The van der Waals surface area contributed by atoms with Gasteiger partial charge in [-0.25, -0.2) is 17.9 Å². The van der Waals surface area contributed by atoms with Gasteiger partial charge in [0.1, 0.15) is 5.69 Å². The van der Waals surface area contributed by atoms with Gasteiger partial charge < -0.3 is 4.74 Å². The zero-order chi connectivity index (χ0) is 22.8. The summed E-state index contributed by atoms with van der Waals surface area (Å²) >= 11 is 0. The summed E-state index contributed by atoms with van der Waals surface area (Å²) in [5, 5.41) is 0.